The van der Waals surface area contributed by atoms with Crippen molar-refractivity contribution >= 4 is 22.9 Å². The van der Waals surface area contributed by atoms with E-state index < -0.39 is 0 Å². The van der Waals surface area contributed by atoms with Crippen LogP contribution in [0, 0.1) is 12.7 Å². The number of rotatable bonds is 5. The minimum absolute atomic E-state index is 0.0433. The summed E-state index contributed by atoms with van der Waals surface area (Å²) in [5.41, 5.74) is 3.61. The molecule has 0 saturated carbocycles. The molecule has 0 unspecified atom stereocenters. The lowest BCUT2D eigenvalue weighted by Crippen LogP contribution is -2.49. The molecular weight excluding hydrogens is 453 g/mol. The number of hydrogen-bond acceptors (Lipinski definition) is 5. The number of hydrogen-bond donors (Lipinski definition) is 1. The van der Waals surface area contributed by atoms with Crippen LogP contribution in [0.5, 0.6) is 0 Å². The molecule has 2 aromatic carbocycles. The Morgan fingerprint density at radius 3 is 2.47 bits per heavy atom. The smallest absolute Gasteiger partial charge is 0.277 e. The fourth-order valence-corrected chi connectivity index (χ4v) is 4.95. The van der Waals surface area contributed by atoms with Crippen LogP contribution in [0.15, 0.2) is 64.8 Å². The van der Waals surface area contributed by atoms with Crippen LogP contribution in [0.3, 0.4) is 0 Å². The predicted octanol–water partition coefficient (Wildman–Crippen LogP) is 3.63. The minimum Gasteiger partial charge on any atom is -0.368 e. The molecule has 1 fully saturated rings. The van der Waals surface area contributed by atoms with Crippen molar-refractivity contribution in [1.29, 1.82) is 0 Å². The third-order valence-corrected chi connectivity index (χ3v) is 6.92. The lowest BCUT2D eigenvalue weighted by molar-refractivity contribution is -0.130. The number of halogens is 1. The number of anilines is 1. The van der Waals surface area contributed by atoms with Crippen LogP contribution in [-0.2, 0) is 11.2 Å². The molecule has 0 spiro atoms. The Balaban J connectivity index is 1.27. The molecule has 0 aliphatic carbocycles. The second-order valence-electron chi connectivity index (χ2n) is 8.26. The third-order valence-electron chi connectivity index (χ3n) is 6.10. The zero-order chi connectivity index (χ0) is 23.7. The number of aromatic nitrogens is 3. The summed E-state index contributed by atoms with van der Waals surface area (Å²) in [6.07, 6.45) is 0.0433. The zero-order valence-corrected chi connectivity index (χ0v) is 19.5. The van der Waals surface area contributed by atoms with Crippen LogP contribution in [0.2, 0.25) is 0 Å². The molecule has 0 atom stereocenters. The van der Waals surface area contributed by atoms with E-state index in [-0.39, 0.29) is 23.7 Å². The van der Waals surface area contributed by atoms with E-state index in [4.69, 9.17) is 0 Å². The summed E-state index contributed by atoms with van der Waals surface area (Å²) in [5.74, 6) is -0.339. The van der Waals surface area contributed by atoms with Gasteiger partial charge in [-0.25, -0.2) is 9.37 Å². The van der Waals surface area contributed by atoms with E-state index >= 15 is 0 Å². The van der Waals surface area contributed by atoms with Crippen molar-refractivity contribution in [3.8, 4) is 16.4 Å². The average Bonchev–Trinajstić information content (AvgIpc) is 3.46. The fourth-order valence-electron chi connectivity index (χ4n) is 4.16. The van der Waals surface area contributed by atoms with Crippen LogP contribution in [0.1, 0.15) is 11.3 Å². The second kappa shape index (κ2) is 9.26. The molecule has 1 saturated heterocycles. The van der Waals surface area contributed by atoms with Crippen molar-refractivity contribution in [3.63, 3.8) is 0 Å². The van der Waals surface area contributed by atoms with Gasteiger partial charge in [-0.2, -0.15) is 4.68 Å². The van der Waals surface area contributed by atoms with Gasteiger partial charge in [-0.1, -0.05) is 30.3 Å². The van der Waals surface area contributed by atoms with E-state index in [0.717, 1.165) is 16.9 Å². The van der Waals surface area contributed by atoms with Crippen LogP contribution < -0.4 is 10.5 Å². The molecule has 1 aliphatic heterocycles. The molecule has 7 nitrogen and oxygen atoms in total. The van der Waals surface area contributed by atoms with Gasteiger partial charge in [0.25, 0.3) is 5.56 Å². The van der Waals surface area contributed by atoms with Crippen LogP contribution >= 0.6 is 11.3 Å². The summed E-state index contributed by atoms with van der Waals surface area (Å²) >= 11 is 1.38. The average molecular weight is 478 g/mol. The van der Waals surface area contributed by atoms with Crippen LogP contribution in [0.25, 0.3) is 16.4 Å². The van der Waals surface area contributed by atoms with Gasteiger partial charge in [0.15, 0.2) is 0 Å². The molecular formula is C25H24FN5O2S. The van der Waals surface area contributed by atoms with Gasteiger partial charge in [0.2, 0.25) is 11.0 Å². The largest absolute Gasteiger partial charge is 0.368 e. The zero-order valence-electron chi connectivity index (χ0n) is 18.7. The number of benzene rings is 2. The number of carbonyl (C=O) groups excluding carboxylic acids is 1. The summed E-state index contributed by atoms with van der Waals surface area (Å²) in [7, 11) is 0. The lowest BCUT2D eigenvalue weighted by atomic mass is 10.1. The lowest BCUT2D eigenvalue weighted by Gasteiger charge is -2.36. The number of piperazine rings is 1. The third kappa shape index (κ3) is 4.38. The number of amides is 1. The molecule has 1 N–H and O–H groups in total. The molecule has 4 aromatic rings. The number of carbonyl (C=O) groups is 1. The number of aryl methyl sites for hydroxylation is 1. The topological polar surface area (TPSA) is 74.2 Å². The van der Waals surface area contributed by atoms with E-state index in [0.29, 0.717) is 42.6 Å². The Bertz CT molecular complexity index is 1350. The molecule has 5 rings (SSSR count). The van der Waals surface area contributed by atoms with Gasteiger partial charge in [0, 0.05) is 54.1 Å². The van der Waals surface area contributed by atoms with E-state index in [1.54, 1.807) is 24.0 Å². The molecule has 34 heavy (non-hydrogen) atoms. The van der Waals surface area contributed by atoms with Crippen molar-refractivity contribution in [3.05, 3.63) is 87.4 Å². The molecule has 3 heterocycles. The SMILES string of the molecule is Cc1[nH]n(-c2nc(-c3ccccc3)cs2)c(=O)c1CC(=O)N1CCN(c2ccc(F)cc2)CC1. The van der Waals surface area contributed by atoms with Crippen molar-refractivity contribution in [2.24, 2.45) is 0 Å². The first-order valence-electron chi connectivity index (χ1n) is 11.1. The van der Waals surface area contributed by atoms with E-state index in [1.807, 2.05) is 35.7 Å². The first-order chi connectivity index (χ1) is 16.5. The minimum atomic E-state index is -0.265. The number of aromatic amines is 1. The highest BCUT2D eigenvalue weighted by atomic mass is 32.1. The van der Waals surface area contributed by atoms with Gasteiger partial charge in [-0.05, 0) is 31.2 Å². The van der Waals surface area contributed by atoms with Gasteiger partial charge in [-0.3, -0.25) is 14.7 Å². The fraction of sp³-hybridized carbons (Fsp3) is 0.240. The van der Waals surface area contributed by atoms with Crippen molar-refractivity contribution in [1.82, 2.24) is 19.7 Å². The number of nitrogens with zero attached hydrogens (tertiary/aromatic N) is 4. The van der Waals surface area contributed by atoms with E-state index in [9.17, 15) is 14.0 Å². The second-order valence-corrected chi connectivity index (χ2v) is 9.09. The molecule has 174 valence electrons. The summed E-state index contributed by atoms with van der Waals surface area (Å²) in [5, 5.41) is 5.53. The van der Waals surface area contributed by atoms with Crippen LogP contribution in [0.4, 0.5) is 10.1 Å². The number of nitrogens with one attached hydrogen (secondary N) is 1. The molecule has 1 aliphatic rings. The van der Waals surface area contributed by atoms with Crippen LogP contribution in [-0.4, -0.2) is 51.8 Å². The maximum atomic E-state index is 13.2. The quantitative estimate of drug-likeness (QED) is 0.477. The highest BCUT2D eigenvalue weighted by molar-refractivity contribution is 7.12. The molecule has 0 radical (unpaired) electrons. The van der Waals surface area contributed by atoms with Gasteiger partial charge in [-0.15, -0.1) is 11.3 Å². The predicted molar refractivity (Wildman–Crippen MR) is 131 cm³/mol. The van der Waals surface area contributed by atoms with Gasteiger partial charge >= 0.3 is 0 Å². The molecule has 0 bridgehead atoms. The van der Waals surface area contributed by atoms with Crippen molar-refractivity contribution in [2.45, 2.75) is 13.3 Å². The van der Waals surface area contributed by atoms with Crippen molar-refractivity contribution < 1.29 is 9.18 Å². The standard InChI is InChI=1S/C25H24FN5O2S/c1-17-21(15-23(32)30-13-11-29(12-14-30)20-9-7-19(26)8-10-20)24(33)31(28-17)25-27-22(16-34-25)18-5-3-2-4-6-18/h2-10,16,28H,11-15H2,1H3. The maximum absolute atomic E-state index is 13.2. The van der Waals surface area contributed by atoms with Gasteiger partial charge < -0.3 is 9.80 Å². The summed E-state index contributed by atoms with van der Waals surface area (Å²) in [4.78, 5) is 34.6. The Kier molecular flexibility index (Phi) is 6.02. The summed E-state index contributed by atoms with van der Waals surface area (Å²) < 4.78 is 14.6. The molecule has 2 aromatic heterocycles. The number of thiazole rings is 1. The van der Waals surface area contributed by atoms with Gasteiger partial charge in [0.05, 0.1) is 12.1 Å². The summed E-state index contributed by atoms with van der Waals surface area (Å²) in [6, 6.07) is 16.2. The first kappa shape index (κ1) is 22.1. The summed E-state index contributed by atoms with van der Waals surface area (Å²) in [6.45, 7) is 4.24. The Morgan fingerprint density at radius 2 is 1.76 bits per heavy atom. The number of H-pyrrole nitrogens is 1. The maximum Gasteiger partial charge on any atom is 0.277 e. The normalized spacial score (nSPS) is 13.9. The molecule has 9 heteroatoms. The van der Waals surface area contributed by atoms with E-state index in [1.165, 1.54) is 28.2 Å². The van der Waals surface area contributed by atoms with Crippen molar-refractivity contribution in [2.75, 3.05) is 31.1 Å². The Morgan fingerprint density at radius 1 is 1.06 bits per heavy atom. The first-order valence-corrected chi connectivity index (χ1v) is 12.0. The van der Waals surface area contributed by atoms with E-state index in [2.05, 4.69) is 15.0 Å². The van der Waals surface area contributed by atoms with Gasteiger partial charge in [0.1, 0.15) is 5.82 Å². The molecule has 1 amide bonds. The monoisotopic (exact) mass is 477 g/mol. The Labute approximate surface area is 200 Å². The Hall–Kier alpha value is -3.72. The highest BCUT2D eigenvalue weighted by Gasteiger charge is 2.24. The highest BCUT2D eigenvalue weighted by Crippen LogP contribution is 2.23.